The zero-order chi connectivity index (χ0) is 14.5. The molecule has 1 aliphatic rings. The van der Waals surface area contributed by atoms with E-state index in [9.17, 15) is 4.79 Å². The monoisotopic (exact) mass is 277 g/mol. The van der Waals surface area contributed by atoms with Crippen molar-refractivity contribution in [3.8, 4) is 0 Å². The molecule has 0 spiro atoms. The molecule has 1 aromatic rings. The summed E-state index contributed by atoms with van der Waals surface area (Å²) in [6, 6.07) is -0.241. The maximum Gasteiger partial charge on any atom is 0.240 e. The van der Waals surface area contributed by atoms with Gasteiger partial charge in [-0.15, -0.1) is 0 Å². The van der Waals surface area contributed by atoms with Crippen molar-refractivity contribution in [3.63, 3.8) is 0 Å². The van der Waals surface area contributed by atoms with Gasteiger partial charge in [-0.25, -0.2) is 9.97 Å². The first-order valence-electron chi connectivity index (χ1n) is 7.32. The van der Waals surface area contributed by atoms with Crippen molar-refractivity contribution in [2.45, 2.75) is 45.6 Å². The number of nitrogens with two attached hydrogens (primary N) is 1. The SMILES string of the molecule is CCCNc1ncnc(N2CCCC2C(N)=O)c1CC. The zero-order valence-corrected chi connectivity index (χ0v) is 12.2. The predicted octanol–water partition coefficient (Wildman–Crippen LogP) is 1.31. The molecule has 2 rings (SSSR count). The lowest BCUT2D eigenvalue weighted by atomic mass is 10.1. The fraction of sp³-hybridized carbons (Fsp3) is 0.643. The van der Waals surface area contributed by atoms with Crippen molar-refractivity contribution in [3.05, 3.63) is 11.9 Å². The van der Waals surface area contributed by atoms with Gasteiger partial charge in [-0.1, -0.05) is 13.8 Å². The van der Waals surface area contributed by atoms with Crippen LogP contribution in [0.15, 0.2) is 6.33 Å². The lowest BCUT2D eigenvalue weighted by Crippen LogP contribution is -2.41. The van der Waals surface area contributed by atoms with Gasteiger partial charge in [0, 0.05) is 18.7 Å². The number of anilines is 2. The van der Waals surface area contributed by atoms with Gasteiger partial charge in [0.15, 0.2) is 0 Å². The molecule has 6 heteroatoms. The Morgan fingerprint density at radius 2 is 2.30 bits per heavy atom. The minimum Gasteiger partial charge on any atom is -0.370 e. The molecule has 3 N–H and O–H groups in total. The van der Waals surface area contributed by atoms with Crippen molar-refractivity contribution < 1.29 is 4.79 Å². The molecular formula is C14H23N5O. The van der Waals surface area contributed by atoms with Gasteiger partial charge in [-0.05, 0) is 25.7 Å². The lowest BCUT2D eigenvalue weighted by Gasteiger charge is -2.26. The van der Waals surface area contributed by atoms with Gasteiger partial charge in [0.1, 0.15) is 24.0 Å². The van der Waals surface area contributed by atoms with Crippen molar-refractivity contribution in [1.29, 1.82) is 0 Å². The van der Waals surface area contributed by atoms with Crippen LogP contribution < -0.4 is 16.0 Å². The van der Waals surface area contributed by atoms with E-state index >= 15 is 0 Å². The summed E-state index contributed by atoms with van der Waals surface area (Å²) in [5, 5.41) is 3.33. The Hall–Kier alpha value is -1.85. The highest BCUT2D eigenvalue weighted by Gasteiger charge is 2.31. The number of hydrogen-bond donors (Lipinski definition) is 2. The van der Waals surface area contributed by atoms with Crippen LogP contribution >= 0.6 is 0 Å². The molecule has 0 aromatic carbocycles. The van der Waals surface area contributed by atoms with Crippen LogP contribution in [0, 0.1) is 0 Å². The Labute approximate surface area is 119 Å². The molecule has 6 nitrogen and oxygen atoms in total. The quantitative estimate of drug-likeness (QED) is 0.819. The van der Waals surface area contributed by atoms with Crippen LogP contribution in [0.25, 0.3) is 0 Å². The minimum atomic E-state index is -0.272. The second kappa shape index (κ2) is 6.54. The number of carbonyl (C=O) groups is 1. The Morgan fingerprint density at radius 1 is 1.50 bits per heavy atom. The number of rotatable bonds is 6. The third kappa shape index (κ3) is 2.84. The number of primary amides is 1. The van der Waals surface area contributed by atoms with Crippen LogP contribution in [-0.2, 0) is 11.2 Å². The summed E-state index contributed by atoms with van der Waals surface area (Å²) in [5.74, 6) is 1.45. The second-order valence-corrected chi connectivity index (χ2v) is 5.06. The molecule has 1 amide bonds. The van der Waals surface area contributed by atoms with Gasteiger partial charge in [0.2, 0.25) is 5.91 Å². The maximum absolute atomic E-state index is 11.6. The van der Waals surface area contributed by atoms with Gasteiger partial charge in [-0.3, -0.25) is 4.79 Å². The molecule has 0 aliphatic carbocycles. The molecule has 1 saturated heterocycles. The fourth-order valence-electron chi connectivity index (χ4n) is 2.69. The Balaban J connectivity index is 2.33. The summed E-state index contributed by atoms with van der Waals surface area (Å²) >= 11 is 0. The first-order chi connectivity index (χ1) is 9.69. The van der Waals surface area contributed by atoms with E-state index in [1.54, 1.807) is 6.33 Å². The fourth-order valence-corrected chi connectivity index (χ4v) is 2.69. The summed E-state index contributed by atoms with van der Waals surface area (Å²) in [7, 11) is 0. The Kier molecular flexibility index (Phi) is 4.76. The van der Waals surface area contributed by atoms with E-state index in [1.807, 2.05) is 4.90 Å². The normalized spacial score (nSPS) is 18.3. The first kappa shape index (κ1) is 14.6. The zero-order valence-electron chi connectivity index (χ0n) is 12.2. The molecular weight excluding hydrogens is 254 g/mol. The van der Waals surface area contributed by atoms with Crippen molar-refractivity contribution in [2.75, 3.05) is 23.3 Å². The van der Waals surface area contributed by atoms with Gasteiger partial charge in [0.25, 0.3) is 0 Å². The van der Waals surface area contributed by atoms with Crippen molar-refractivity contribution >= 4 is 17.5 Å². The van der Waals surface area contributed by atoms with Crippen LogP contribution in [0.2, 0.25) is 0 Å². The van der Waals surface area contributed by atoms with Crippen molar-refractivity contribution in [2.24, 2.45) is 5.73 Å². The number of aromatic nitrogens is 2. The molecule has 20 heavy (non-hydrogen) atoms. The number of amides is 1. The molecule has 1 atom stereocenters. The number of nitrogens with one attached hydrogen (secondary N) is 1. The first-order valence-corrected chi connectivity index (χ1v) is 7.32. The van der Waals surface area contributed by atoms with E-state index < -0.39 is 0 Å². The van der Waals surface area contributed by atoms with Crippen LogP contribution in [0.3, 0.4) is 0 Å². The summed E-state index contributed by atoms with van der Waals surface area (Å²) < 4.78 is 0. The third-order valence-electron chi connectivity index (χ3n) is 3.67. The van der Waals surface area contributed by atoms with Crippen molar-refractivity contribution in [1.82, 2.24) is 9.97 Å². The van der Waals surface area contributed by atoms with Crippen LogP contribution in [-0.4, -0.2) is 35.0 Å². The van der Waals surface area contributed by atoms with Crippen LogP contribution in [0.4, 0.5) is 11.6 Å². The minimum absolute atomic E-state index is 0.241. The molecule has 1 unspecified atom stereocenters. The van der Waals surface area contributed by atoms with E-state index in [0.717, 1.165) is 56.0 Å². The molecule has 110 valence electrons. The summed E-state index contributed by atoms with van der Waals surface area (Å²) in [4.78, 5) is 22.3. The van der Waals surface area contributed by atoms with E-state index in [2.05, 4.69) is 29.1 Å². The van der Waals surface area contributed by atoms with E-state index in [1.165, 1.54) is 0 Å². The van der Waals surface area contributed by atoms with Crippen LogP contribution in [0.5, 0.6) is 0 Å². The molecule has 1 aliphatic heterocycles. The maximum atomic E-state index is 11.6. The predicted molar refractivity (Wildman–Crippen MR) is 79.8 cm³/mol. The number of nitrogens with zero attached hydrogens (tertiary/aromatic N) is 3. The number of hydrogen-bond acceptors (Lipinski definition) is 5. The third-order valence-corrected chi connectivity index (χ3v) is 3.67. The largest absolute Gasteiger partial charge is 0.370 e. The standard InChI is InChI=1S/C14H23N5O/c1-3-7-16-13-10(4-2)14(18-9-17-13)19-8-5-6-11(19)12(15)20/h9,11H,3-8H2,1-2H3,(H2,15,20)(H,16,17,18). The topological polar surface area (TPSA) is 84.1 Å². The van der Waals surface area contributed by atoms with Gasteiger partial charge in [-0.2, -0.15) is 0 Å². The highest BCUT2D eigenvalue weighted by Crippen LogP contribution is 2.30. The summed E-state index contributed by atoms with van der Waals surface area (Å²) in [6.45, 7) is 5.90. The van der Waals surface area contributed by atoms with Gasteiger partial charge >= 0.3 is 0 Å². The average molecular weight is 277 g/mol. The Bertz CT molecular complexity index is 477. The van der Waals surface area contributed by atoms with Crippen LogP contribution in [0.1, 0.15) is 38.7 Å². The highest BCUT2D eigenvalue weighted by molar-refractivity contribution is 5.84. The second-order valence-electron chi connectivity index (χ2n) is 5.06. The Morgan fingerprint density at radius 3 is 2.95 bits per heavy atom. The molecule has 1 aromatic heterocycles. The molecule has 1 fully saturated rings. The van der Waals surface area contributed by atoms with E-state index in [4.69, 9.17) is 5.73 Å². The molecule has 2 heterocycles. The summed E-state index contributed by atoms with van der Waals surface area (Å²) in [6.07, 6.45) is 5.20. The molecule has 0 bridgehead atoms. The van der Waals surface area contributed by atoms with Gasteiger partial charge < -0.3 is 16.0 Å². The van der Waals surface area contributed by atoms with E-state index in [-0.39, 0.29) is 11.9 Å². The lowest BCUT2D eigenvalue weighted by molar-refractivity contribution is -0.119. The molecule has 0 radical (unpaired) electrons. The summed E-state index contributed by atoms with van der Waals surface area (Å²) in [5.41, 5.74) is 6.56. The molecule has 0 saturated carbocycles. The smallest absolute Gasteiger partial charge is 0.240 e. The average Bonchev–Trinajstić information content (AvgIpc) is 2.93. The van der Waals surface area contributed by atoms with Gasteiger partial charge in [0.05, 0.1) is 0 Å². The highest BCUT2D eigenvalue weighted by atomic mass is 16.1. The van der Waals surface area contributed by atoms with E-state index in [0.29, 0.717) is 0 Å². The number of carbonyl (C=O) groups excluding carboxylic acids is 1.